The lowest BCUT2D eigenvalue weighted by Gasteiger charge is -2.26. The van der Waals surface area contributed by atoms with E-state index in [0.717, 1.165) is 0 Å². The Labute approximate surface area is 122 Å². The van der Waals surface area contributed by atoms with Gasteiger partial charge in [-0.05, 0) is 19.9 Å². The van der Waals surface area contributed by atoms with Gasteiger partial charge in [0.05, 0.1) is 22.1 Å². The van der Waals surface area contributed by atoms with Crippen LogP contribution in [0.15, 0.2) is 18.2 Å². The number of hydrogen-bond donors (Lipinski definition) is 0. The van der Waals surface area contributed by atoms with Gasteiger partial charge in [0, 0.05) is 31.8 Å². The number of nitro benzene ring substituents is 1. The average molecular weight is 301 g/mol. The van der Waals surface area contributed by atoms with E-state index in [1.807, 2.05) is 13.8 Å². The van der Waals surface area contributed by atoms with Crippen LogP contribution in [-0.4, -0.2) is 42.0 Å². The highest BCUT2D eigenvalue weighted by Gasteiger charge is 2.22. The standard InChI is InChI=1S/C13H17ClN2O4/c1-9(2)15(6-7-20-3)13(17)11-5-4-10(16(18)19)8-12(11)14/h4-5,8-9H,6-7H2,1-3H3. The largest absolute Gasteiger partial charge is 0.383 e. The smallest absolute Gasteiger partial charge is 0.270 e. The molecule has 1 aromatic carbocycles. The summed E-state index contributed by atoms with van der Waals surface area (Å²) in [6.45, 7) is 4.61. The molecule has 7 heteroatoms. The van der Waals surface area contributed by atoms with Crippen LogP contribution >= 0.6 is 11.6 Å². The van der Waals surface area contributed by atoms with Crippen LogP contribution in [0.4, 0.5) is 5.69 Å². The van der Waals surface area contributed by atoms with Gasteiger partial charge in [0.15, 0.2) is 0 Å². The van der Waals surface area contributed by atoms with Crippen LogP contribution in [0, 0.1) is 10.1 Å². The number of hydrogen-bond acceptors (Lipinski definition) is 4. The average Bonchev–Trinajstić information content (AvgIpc) is 2.38. The fraction of sp³-hybridized carbons (Fsp3) is 0.462. The minimum Gasteiger partial charge on any atom is -0.383 e. The Kier molecular flexibility index (Phi) is 5.91. The molecule has 0 aromatic heterocycles. The summed E-state index contributed by atoms with van der Waals surface area (Å²) in [4.78, 5) is 24.1. The topological polar surface area (TPSA) is 72.7 Å². The highest BCUT2D eigenvalue weighted by atomic mass is 35.5. The molecule has 0 aliphatic heterocycles. The van der Waals surface area contributed by atoms with Crippen molar-refractivity contribution in [1.29, 1.82) is 0 Å². The summed E-state index contributed by atoms with van der Waals surface area (Å²) in [7, 11) is 1.56. The second-order valence-electron chi connectivity index (χ2n) is 4.51. The van der Waals surface area contributed by atoms with Crippen LogP contribution < -0.4 is 0 Å². The number of rotatable bonds is 6. The van der Waals surface area contributed by atoms with E-state index in [2.05, 4.69) is 0 Å². The summed E-state index contributed by atoms with van der Waals surface area (Å²) < 4.78 is 4.97. The molecule has 0 bridgehead atoms. The van der Waals surface area contributed by atoms with Gasteiger partial charge >= 0.3 is 0 Å². The number of nitrogens with zero attached hydrogens (tertiary/aromatic N) is 2. The molecular weight excluding hydrogens is 284 g/mol. The fourth-order valence-electron chi connectivity index (χ4n) is 1.73. The van der Waals surface area contributed by atoms with Gasteiger partial charge in [0.2, 0.25) is 0 Å². The predicted octanol–water partition coefficient (Wildman–Crippen LogP) is 2.75. The Bertz CT molecular complexity index is 505. The summed E-state index contributed by atoms with van der Waals surface area (Å²) in [5.41, 5.74) is 0.113. The molecule has 0 fully saturated rings. The molecule has 0 aliphatic rings. The van der Waals surface area contributed by atoms with Gasteiger partial charge in [-0.25, -0.2) is 0 Å². The van der Waals surface area contributed by atoms with E-state index in [1.54, 1.807) is 12.0 Å². The monoisotopic (exact) mass is 300 g/mol. The molecular formula is C13H17ClN2O4. The number of amides is 1. The van der Waals surface area contributed by atoms with Crippen LogP contribution in [0.5, 0.6) is 0 Å². The van der Waals surface area contributed by atoms with Crippen LogP contribution in [0.25, 0.3) is 0 Å². The van der Waals surface area contributed by atoms with Crippen LogP contribution in [0.1, 0.15) is 24.2 Å². The van der Waals surface area contributed by atoms with E-state index < -0.39 is 4.92 Å². The Hall–Kier alpha value is -1.66. The number of methoxy groups -OCH3 is 1. The lowest BCUT2D eigenvalue weighted by Crippen LogP contribution is -2.39. The molecule has 0 spiro atoms. The zero-order chi connectivity index (χ0) is 15.3. The second-order valence-corrected chi connectivity index (χ2v) is 4.91. The van der Waals surface area contributed by atoms with E-state index in [-0.39, 0.29) is 28.2 Å². The van der Waals surface area contributed by atoms with Crippen molar-refractivity contribution in [2.24, 2.45) is 0 Å². The molecule has 0 aliphatic carbocycles. The van der Waals surface area contributed by atoms with Crippen molar-refractivity contribution in [3.8, 4) is 0 Å². The maximum absolute atomic E-state index is 12.4. The minimum absolute atomic E-state index is 0.0242. The number of non-ortho nitro benzene ring substituents is 1. The van der Waals surface area contributed by atoms with Gasteiger partial charge in [-0.3, -0.25) is 14.9 Å². The van der Waals surface area contributed by atoms with Crippen molar-refractivity contribution in [1.82, 2.24) is 4.90 Å². The normalized spacial score (nSPS) is 10.7. The minimum atomic E-state index is -0.550. The summed E-state index contributed by atoms with van der Waals surface area (Å²) in [6, 6.07) is 3.81. The number of ether oxygens (including phenoxy) is 1. The highest BCUT2D eigenvalue weighted by molar-refractivity contribution is 6.34. The van der Waals surface area contributed by atoms with Gasteiger partial charge in [-0.1, -0.05) is 11.6 Å². The van der Waals surface area contributed by atoms with Crippen molar-refractivity contribution in [2.75, 3.05) is 20.3 Å². The van der Waals surface area contributed by atoms with Gasteiger partial charge in [0.1, 0.15) is 0 Å². The molecule has 6 nitrogen and oxygen atoms in total. The van der Waals surface area contributed by atoms with Gasteiger partial charge < -0.3 is 9.64 Å². The summed E-state index contributed by atoms with van der Waals surface area (Å²) in [5, 5.41) is 10.7. The quantitative estimate of drug-likeness (QED) is 0.598. The maximum atomic E-state index is 12.4. The lowest BCUT2D eigenvalue weighted by atomic mass is 10.1. The first kappa shape index (κ1) is 16.4. The molecule has 1 aromatic rings. The van der Waals surface area contributed by atoms with Gasteiger partial charge in [-0.2, -0.15) is 0 Å². The molecule has 0 saturated carbocycles. The predicted molar refractivity (Wildman–Crippen MR) is 76.2 cm³/mol. The van der Waals surface area contributed by atoms with E-state index >= 15 is 0 Å². The number of benzene rings is 1. The lowest BCUT2D eigenvalue weighted by molar-refractivity contribution is -0.384. The zero-order valence-electron chi connectivity index (χ0n) is 11.6. The molecule has 0 N–H and O–H groups in total. The third-order valence-electron chi connectivity index (χ3n) is 2.81. The Balaban J connectivity index is 3.03. The molecule has 0 atom stereocenters. The molecule has 0 radical (unpaired) electrons. The number of carbonyl (C=O) groups excluding carboxylic acids is 1. The molecule has 0 heterocycles. The molecule has 1 amide bonds. The first-order valence-electron chi connectivity index (χ1n) is 6.12. The van der Waals surface area contributed by atoms with Crippen molar-refractivity contribution in [3.63, 3.8) is 0 Å². The van der Waals surface area contributed by atoms with Gasteiger partial charge in [0.25, 0.3) is 11.6 Å². The second kappa shape index (κ2) is 7.21. The highest BCUT2D eigenvalue weighted by Crippen LogP contribution is 2.24. The first-order chi connectivity index (χ1) is 9.38. The third kappa shape index (κ3) is 3.91. The summed E-state index contributed by atoms with van der Waals surface area (Å²) in [6.07, 6.45) is 0. The third-order valence-corrected chi connectivity index (χ3v) is 3.13. The van der Waals surface area contributed by atoms with E-state index in [4.69, 9.17) is 16.3 Å². The van der Waals surface area contributed by atoms with Gasteiger partial charge in [-0.15, -0.1) is 0 Å². The molecule has 0 saturated heterocycles. The molecule has 110 valence electrons. The first-order valence-corrected chi connectivity index (χ1v) is 6.50. The van der Waals surface area contributed by atoms with E-state index in [0.29, 0.717) is 13.2 Å². The fourth-order valence-corrected chi connectivity index (χ4v) is 1.99. The van der Waals surface area contributed by atoms with Crippen molar-refractivity contribution in [2.45, 2.75) is 19.9 Å². The Morgan fingerprint density at radius 2 is 2.15 bits per heavy atom. The SMILES string of the molecule is COCCN(C(=O)c1ccc([N+](=O)[O-])cc1Cl)C(C)C. The Morgan fingerprint density at radius 3 is 2.60 bits per heavy atom. The van der Waals surface area contributed by atoms with Crippen LogP contribution in [0.2, 0.25) is 5.02 Å². The van der Waals surface area contributed by atoms with Crippen molar-refractivity contribution in [3.05, 3.63) is 38.9 Å². The zero-order valence-corrected chi connectivity index (χ0v) is 12.4. The number of halogens is 1. The summed E-state index contributed by atoms with van der Waals surface area (Å²) in [5.74, 6) is -0.267. The molecule has 0 unspecified atom stereocenters. The Morgan fingerprint density at radius 1 is 1.50 bits per heavy atom. The van der Waals surface area contributed by atoms with Crippen molar-refractivity contribution < 1.29 is 14.5 Å². The number of carbonyl (C=O) groups is 1. The van der Waals surface area contributed by atoms with E-state index in [1.165, 1.54) is 18.2 Å². The maximum Gasteiger partial charge on any atom is 0.270 e. The van der Waals surface area contributed by atoms with Crippen LogP contribution in [0.3, 0.4) is 0 Å². The number of nitro groups is 1. The molecule has 20 heavy (non-hydrogen) atoms. The summed E-state index contributed by atoms with van der Waals surface area (Å²) >= 11 is 5.97. The molecule has 1 rings (SSSR count). The van der Waals surface area contributed by atoms with Crippen LogP contribution in [-0.2, 0) is 4.74 Å². The van der Waals surface area contributed by atoms with Crippen molar-refractivity contribution >= 4 is 23.2 Å². The van der Waals surface area contributed by atoms with E-state index in [9.17, 15) is 14.9 Å².